The Morgan fingerprint density at radius 2 is 2.00 bits per heavy atom. The smallest absolute Gasteiger partial charge is 0.124 e. The van der Waals surface area contributed by atoms with Gasteiger partial charge in [0.15, 0.2) is 0 Å². The number of halogens is 1. The maximum absolute atomic E-state index is 13.1. The first-order valence-corrected chi connectivity index (χ1v) is 6.85. The molecule has 0 amide bonds. The molecule has 2 saturated heterocycles. The number of rotatable bonds is 2. The fourth-order valence-corrected chi connectivity index (χ4v) is 3.48. The molecule has 19 heavy (non-hydrogen) atoms. The van der Waals surface area contributed by atoms with Gasteiger partial charge in [-0.15, -0.1) is 0 Å². The summed E-state index contributed by atoms with van der Waals surface area (Å²) >= 11 is 0. The lowest BCUT2D eigenvalue weighted by molar-refractivity contribution is 0.169. The maximum Gasteiger partial charge on any atom is 0.124 e. The van der Waals surface area contributed by atoms with Crippen LogP contribution in [0.5, 0.6) is 0 Å². The van der Waals surface area contributed by atoms with Crippen molar-refractivity contribution in [2.75, 3.05) is 12.4 Å². The van der Waals surface area contributed by atoms with E-state index in [2.05, 4.69) is 23.3 Å². The molecule has 100 valence electrons. The number of fused-ring (bicyclic) bond motifs is 2. The number of hydrogen-bond acceptors (Lipinski definition) is 3. The highest BCUT2D eigenvalue weighted by atomic mass is 19.1. The van der Waals surface area contributed by atoms with Crippen molar-refractivity contribution in [2.45, 2.75) is 43.8 Å². The van der Waals surface area contributed by atoms with Crippen LogP contribution in [-0.4, -0.2) is 30.1 Å². The Hall–Kier alpha value is -1.60. The molecule has 2 heterocycles. The van der Waals surface area contributed by atoms with E-state index in [9.17, 15) is 4.39 Å². The first-order chi connectivity index (χ1) is 9.17. The molecule has 3 rings (SSSR count). The Labute approximate surface area is 113 Å². The standard InChI is InChI=1S/C15H18FN3/c1-19-13-3-4-14(19)8-12(7-13)18-15-5-2-11(16)6-10(15)9-17/h2,5-6,12-14,18H,3-4,7-8H2,1H3. The van der Waals surface area contributed by atoms with E-state index < -0.39 is 0 Å². The van der Waals surface area contributed by atoms with Gasteiger partial charge in [0.05, 0.1) is 11.3 Å². The van der Waals surface area contributed by atoms with E-state index in [-0.39, 0.29) is 5.82 Å². The predicted molar refractivity (Wildman–Crippen MR) is 72.3 cm³/mol. The number of hydrogen-bond donors (Lipinski definition) is 1. The average Bonchev–Trinajstić information content (AvgIpc) is 2.64. The highest BCUT2D eigenvalue weighted by Gasteiger charge is 2.38. The number of nitrogens with zero attached hydrogens (tertiary/aromatic N) is 2. The van der Waals surface area contributed by atoms with Gasteiger partial charge in [-0.05, 0) is 50.9 Å². The Kier molecular flexibility index (Phi) is 3.16. The van der Waals surface area contributed by atoms with Gasteiger partial charge in [-0.1, -0.05) is 0 Å². The number of nitriles is 1. The van der Waals surface area contributed by atoms with Crippen molar-refractivity contribution < 1.29 is 4.39 Å². The van der Waals surface area contributed by atoms with E-state index in [0.29, 0.717) is 23.7 Å². The molecule has 0 radical (unpaired) electrons. The predicted octanol–water partition coefficient (Wildman–Crippen LogP) is 2.73. The average molecular weight is 259 g/mol. The normalized spacial score (nSPS) is 30.1. The van der Waals surface area contributed by atoms with Crippen LogP contribution in [0.3, 0.4) is 0 Å². The van der Waals surface area contributed by atoms with E-state index in [1.54, 1.807) is 6.07 Å². The molecule has 0 aliphatic carbocycles. The van der Waals surface area contributed by atoms with Crippen molar-refractivity contribution >= 4 is 5.69 Å². The molecule has 0 spiro atoms. The van der Waals surface area contributed by atoms with Crippen molar-refractivity contribution in [1.29, 1.82) is 5.26 Å². The Morgan fingerprint density at radius 1 is 1.32 bits per heavy atom. The zero-order valence-electron chi connectivity index (χ0n) is 11.1. The number of anilines is 1. The monoisotopic (exact) mass is 259 g/mol. The van der Waals surface area contributed by atoms with E-state index in [1.807, 2.05) is 0 Å². The fraction of sp³-hybridized carbons (Fsp3) is 0.533. The van der Waals surface area contributed by atoms with Gasteiger partial charge < -0.3 is 10.2 Å². The number of nitrogens with one attached hydrogen (secondary N) is 1. The number of benzene rings is 1. The summed E-state index contributed by atoms with van der Waals surface area (Å²) in [5.74, 6) is -0.356. The van der Waals surface area contributed by atoms with Crippen LogP contribution in [0.2, 0.25) is 0 Å². The quantitative estimate of drug-likeness (QED) is 0.887. The molecule has 0 aromatic heterocycles. The second kappa shape index (κ2) is 4.82. The Bertz CT molecular complexity index is 509. The minimum absolute atomic E-state index is 0.356. The summed E-state index contributed by atoms with van der Waals surface area (Å²) in [6.07, 6.45) is 4.76. The maximum atomic E-state index is 13.1. The Morgan fingerprint density at radius 3 is 2.63 bits per heavy atom. The van der Waals surface area contributed by atoms with Gasteiger partial charge in [0.25, 0.3) is 0 Å². The second-order valence-electron chi connectivity index (χ2n) is 5.66. The summed E-state index contributed by atoms with van der Waals surface area (Å²) in [5, 5.41) is 12.5. The van der Waals surface area contributed by atoms with E-state index in [4.69, 9.17) is 5.26 Å². The van der Waals surface area contributed by atoms with Crippen molar-refractivity contribution in [3.63, 3.8) is 0 Å². The molecule has 0 saturated carbocycles. The molecule has 1 aromatic rings. The largest absolute Gasteiger partial charge is 0.381 e. The summed E-state index contributed by atoms with van der Waals surface area (Å²) in [6, 6.07) is 8.15. The highest BCUT2D eigenvalue weighted by molar-refractivity contribution is 5.58. The molecular formula is C15H18FN3. The molecule has 4 heteroatoms. The van der Waals surface area contributed by atoms with Crippen LogP contribution >= 0.6 is 0 Å². The van der Waals surface area contributed by atoms with Crippen LogP contribution in [-0.2, 0) is 0 Å². The van der Waals surface area contributed by atoms with E-state index in [0.717, 1.165) is 18.5 Å². The topological polar surface area (TPSA) is 39.1 Å². The van der Waals surface area contributed by atoms with Gasteiger partial charge >= 0.3 is 0 Å². The van der Waals surface area contributed by atoms with Gasteiger partial charge in [-0.25, -0.2) is 4.39 Å². The van der Waals surface area contributed by atoms with Gasteiger partial charge in [0.2, 0.25) is 0 Å². The first-order valence-electron chi connectivity index (χ1n) is 6.85. The lowest BCUT2D eigenvalue weighted by atomic mass is 9.97. The molecule has 2 aliphatic rings. The van der Waals surface area contributed by atoms with E-state index >= 15 is 0 Å². The van der Waals surface area contributed by atoms with Gasteiger partial charge in [0.1, 0.15) is 11.9 Å². The molecule has 2 unspecified atom stereocenters. The van der Waals surface area contributed by atoms with Crippen molar-refractivity contribution in [3.05, 3.63) is 29.6 Å². The molecule has 2 bridgehead atoms. The first kappa shape index (κ1) is 12.4. The molecule has 3 nitrogen and oxygen atoms in total. The molecule has 2 aliphatic heterocycles. The van der Waals surface area contributed by atoms with Gasteiger partial charge in [-0.2, -0.15) is 5.26 Å². The van der Waals surface area contributed by atoms with Crippen LogP contribution in [0.4, 0.5) is 10.1 Å². The van der Waals surface area contributed by atoms with Crippen LogP contribution in [0, 0.1) is 17.1 Å². The number of piperidine rings is 1. The SMILES string of the molecule is CN1C2CCC1CC(Nc1ccc(F)cc1C#N)C2. The lowest BCUT2D eigenvalue weighted by Gasteiger charge is -2.37. The molecule has 1 N–H and O–H groups in total. The zero-order valence-corrected chi connectivity index (χ0v) is 11.1. The zero-order chi connectivity index (χ0) is 13.4. The van der Waals surface area contributed by atoms with Crippen LogP contribution in [0.15, 0.2) is 18.2 Å². The van der Waals surface area contributed by atoms with Crippen LogP contribution in [0.25, 0.3) is 0 Å². The molecule has 1 aromatic carbocycles. The minimum Gasteiger partial charge on any atom is -0.381 e. The third-order valence-electron chi connectivity index (χ3n) is 4.56. The highest BCUT2D eigenvalue weighted by Crippen LogP contribution is 2.35. The summed E-state index contributed by atoms with van der Waals surface area (Å²) in [5.41, 5.74) is 1.16. The third kappa shape index (κ3) is 2.31. The van der Waals surface area contributed by atoms with E-state index in [1.165, 1.54) is 25.0 Å². The third-order valence-corrected chi connectivity index (χ3v) is 4.56. The summed E-state index contributed by atoms with van der Waals surface area (Å²) < 4.78 is 13.1. The molecule has 2 fully saturated rings. The van der Waals surface area contributed by atoms with Gasteiger partial charge in [0, 0.05) is 18.1 Å². The fourth-order valence-electron chi connectivity index (χ4n) is 3.48. The second-order valence-corrected chi connectivity index (χ2v) is 5.66. The van der Waals surface area contributed by atoms with Crippen molar-refractivity contribution in [2.24, 2.45) is 0 Å². The van der Waals surface area contributed by atoms with Gasteiger partial charge in [-0.3, -0.25) is 0 Å². The molecular weight excluding hydrogens is 241 g/mol. The van der Waals surface area contributed by atoms with Crippen LogP contribution < -0.4 is 5.32 Å². The minimum atomic E-state index is -0.356. The lowest BCUT2D eigenvalue weighted by Crippen LogP contribution is -2.44. The molecule has 2 atom stereocenters. The van der Waals surface area contributed by atoms with Crippen LogP contribution in [0.1, 0.15) is 31.2 Å². The summed E-state index contributed by atoms with van der Waals surface area (Å²) in [4.78, 5) is 2.48. The summed E-state index contributed by atoms with van der Waals surface area (Å²) in [6.45, 7) is 0. The Balaban J connectivity index is 1.75. The van der Waals surface area contributed by atoms with Crippen molar-refractivity contribution in [3.8, 4) is 6.07 Å². The van der Waals surface area contributed by atoms with Crippen molar-refractivity contribution in [1.82, 2.24) is 4.90 Å². The summed E-state index contributed by atoms with van der Waals surface area (Å²) in [7, 11) is 2.21.